The third-order valence-electron chi connectivity index (χ3n) is 4.19. The minimum Gasteiger partial charge on any atom is -0.439 e. The number of hydrogen-bond donors (Lipinski definition) is 2. The number of ether oxygens (including phenoxy) is 2. The number of halogens is 1. The molecule has 0 aliphatic heterocycles. The van der Waals surface area contributed by atoms with Gasteiger partial charge in [-0.2, -0.15) is 0 Å². The molecule has 7 nitrogen and oxygen atoms in total. The molecule has 2 N–H and O–H groups in total. The molecule has 0 saturated carbocycles. The number of methoxy groups -OCH3 is 1. The van der Waals surface area contributed by atoms with Gasteiger partial charge in [0.1, 0.15) is 11.6 Å². The maximum atomic E-state index is 12.9. The van der Waals surface area contributed by atoms with Crippen molar-refractivity contribution in [1.29, 1.82) is 0 Å². The van der Waals surface area contributed by atoms with Crippen molar-refractivity contribution in [2.45, 2.75) is 13.0 Å². The van der Waals surface area contributed by atoms with Gasteiger partial charge in [0.05, 0.1) is 0 Å². The molecular weight excluding hydrogens is 373 g/mol. The molecule has 0 aliphatic rings. The van der Waals surface area contributed by atoms with Crippen LogP contribution in [0.3, 0.4) is 0 Å². The van der Waals surface area contributed by atoms with Crippen molar-refractivity contribution in [3.05, 3.63) is 54.0 Å². The van der Waals surface area contributed by atoms with E-state index < -0.39 is 0 Å². The topological polar surface area (TPSA) is 71.0 Å². The molecule has 2 rings (SSSR count). The number of nitrogens with one attached hydrogen (secondary N) is 2. The Balaban J connectivity index is 1.71. The van der Waals surface area contributed by atoms with Gasteiger partial charge < -0.3 is 25.0 Å². The average Bonchev–Trinajstić information content (AvgIpc) is 2.73. The fourth-order valence-electron chi connectivity index (χ4n) is 2.56. The van der Waals surface area contributed by atoms with Crippen molar-refractivity contribution in [2.24, 2.45) is 4.99 Å². The van der Waals surface area contributed by atoms with E-state index >= 15 is 0 Å². The van der Waals surface area contributed by atoms with E-state index in [4.69, 9.17) is 9.47 Å². The maximum absolute atomic E-state index is 12.9. The number of hydrogen-bond acceptors (Lipinski definition) is 5. The van der Waals surface area contributed by atoms with Gasteiger partial charge in [-0.3, -0.25) is 4.99 Å². The molecule has 0 unspecified atom stereocenters. The van der Waals surface area contributed by atoms with Crippen LogP contribution in [0.2, 0.25) is 0 Å². The molecule has 158 valence electrons. The summed E-state index contributed by atoms with van der Waals surface area (Å²) >= 11 is 0. The third-order valence-corrected chi connectivity index (χ3v) is 4.19. The van der Waals surface area contributed by atoms with Crippen molar-refractivity contribution in [1.82, 2.24) is 20.5 Å². The van der Waals surface area contributed by atoms with Crippen LogP contribution in [-0.4, -0.2) is 63.3 Å². The van der Waals surface area contributed by atoms with Crippen LogP contribution in [0.15, 0.2) is 47.6 Å². The first kappa shape index (κ1) is 22.6. The molecule has 2 aromatic rings. The largest absolute Gasteiger partial charge is 0.439 e. The lowest BCUT2D eigenvalue weighted by atomic mass is 10.3. The molecule has 0 amide bonds. The van der Waals surface area contributed by atoms with E-state index in [1.54, 1.807) is 38.6 Å². The van der Waals surface area contributed by atoms with Crippen LogP contribution >= 0.6 is 0 Å². The Labute approximate surface area is 172 Å². The summed E-state index contributed by atoms with van der Waals surface area (Å²) in [6.07, 6.45) is 2.76. The van der Waals surface area contributed by atoms with Gasteiger partial charge in [-0.1, -0.05) is 6.07 Å². The highest BCUT2D eigenvalue weighted by molar-refractivity contribution is 5.79. The Hall–Kier alpha value is -2.71. The van der Waals surface area contributed by atoms with Crippen LogP contribution in [0.1, 0.15) is 12.0 Å². The van der Waals surface area contributed by atoms with Crippen LogP contribution in [0.5, 0.6) is 11.6 Å². The smallest absolute Gasteiger partial charge is 0.219 e. The second kappa shape index (κ2) is 12.7. The standard InChI is InChI=1S/C21H30FN5O2/c1-23-21(24-11-13-27(2)12-4-14-28-3)26-16-17-5-10-20(25-15-17)29-19-8-6-18(22)7-9-19/h5-10,15H,4,11-14,16H2,1-3H3,(H2,23,24,26). The lowest BCUT2D eigenvalue weighted by molar-refractivity contribution is 0.180. The molecule has 0 fully saturated rings. The normalized spacial score (nSPS) is 11.6. The van der Waals surface area contributed by atoms with E-state index in [2.05, 4.69) is 32.6 Å². The number of guanidine groups is 1. The second-order valence-corrected chi connectivity index (χ2v) is 6.56. The van der Waals surface area contributed by atoms with Gasteiger partial charge in [0.15, 0.2) is 5.96 Å². The van der Waals surface area contributed by atoms with E-state index in [9.17, 15) is 4.39 Å². The van der Waals surface area contributed by atoms with Crippen molar-refractivity contribution in [3.63, 3.8) is 0 Å². The number of nitrogens with zero attached hydrogens (tertiary/aromatic N) is 3. The van der Waals surface area contributed by atoms with E-state index in [1.165, 1.54) is 12.1 Å². The van der Waals surface area contributed by atoms with E-state index in [-0.39, 0.29) is 5.82 Å². The first-order valence-electron chi connectivity index (χ1n) is 9.61. The fraction of sp³-hybridized carbons (Fsp3) is 0.429. The average molecular weight is 404 g/mol. The summed E-state index contributed by atoms with van der Waals surface area (Å²) < 4.78 is 23.6. The van der Waals surface area contributed by atoms with Gasteiger partial charge in [0.25, 0.3) is 0 Å². The third kappa shape index (κ3) is 8.89. The Morgan fingerprint density at radius 2 is 1.93 bits per heavy atom. The predicted molar refractivity (Wildman–Crippen MR) is 113 cm³/mol. The van der Waals surface area contributed by atoms with Crippen molar-refractivity contribution >= 4 is 5.96 Å². The Morgan fingerprint density at radius 1 is 1.14 bits per heavy atom. The zero-order valence-corrected chi connectivity index (χ0v) is 17.3. The summed E-state index contributed by atoms with van der Waals surface area (Å²) in [6, 6.07) is 9.54. The second-order valence-electron chi connectivity index (χ2n) is 6.56. The van der Waals surface area contributed by atoms with Crippen LogP contribution < -0.4 is 15.4 Å². The summed E-state index contributed by atoms with van der Waals surface area (Å²) in [4.78, 5) is 10.8. The molecule has 0 spiro atoms. The monoisotopic (exact) mass is 403 g/mol. The first-order valence-corrected chi connectivity index (χ1v) is 9.61. The summed E-state index contributed by atoms with van der Waals surface area (Å²) in [5, 5.41) is 6.56. The highest BCUT2D eigenvalue weighted by atomic mass is 19.1. The van der Waals surface area contributed by atoms with E-state index in [0.717, 1.165) is 44.2 Å². The highest BCUT2D eigenvalue weighted by Crippen LogP contribution is 2.19. The highest BCUT2D eigenvalue weighted by Gasteiger charge is 2.03. The Kier molecular flexibility index (Phi) is 9.88. The molecule has 1 aromatic heterocycles. The first-order chi connectivity index (χ1) is 14.1. The van der Waals surface area contributed by atoms with Crippen molar-refractivity contribution in [2.75, 3.05) is 47.4 Å². The predicted octanol–water partition coefficient (Wildman–Crippen LogP) is 2.65. The summed E-state index contributed by atoms with van der Waals surface area (Å²) in [7, 11) is 5.56. The van der Waals surface area contributed by atoms with Crippen LogP contribution in [0, 0.1) is 5.82 Å². The SMILES string of the molecule is CN=C(NCCN(C)CCCOC)NCc1ccc(Oc2ccc(F)cc2)nc1. The minimum atomic E-state index is -0.300. The van der Waals surface area contributed by atoms with E-state index in [1.807, 2.05) is 6.07 Å². The maximum Gasteiger partial charge on any atom is 0.219 e. The van der Waals surface area contributed by atoms with Gasteiger partial charge in [-0.25, -0.2) is 9.37 Å². The molecule has 0 atom stereocenters. The molecule has 1 aromatic carbocycles. The molecule has 0 saturated heterocycles. The minimum absolute atomic E-state index is 0.300. The number of likely N-dealkylation sites (N-methyl/N-ethyl adjacent to an activating group) is 1. The molecule has 29 heavy (non-hydrogen) atoms. The molecule has 0 radical (unpaired) electrons. The number of aliphatic imine (C=N–C) groups is 1. The van der Waals surface area contributed by atoms with Gasteiger partial charge in [0, 0.05) is 59.2 Å². The molecule has 0 bridgehead atoms. The Bertz CT molecular complexity index is 738. The molecule has 0 aliphatic carbocycles. The zero-order valence-electron chi connectivity index (χ0n) is 17.3. The lowest BCUT2D eigenvalue weighted by Gasteiger charge is -2.18. The van der Waals surface area contributed by atoms with Crippen LogP contribution in [-0.2, 0) is 11.3 Å². The van der Waals surface area contributed by atoms with Crippen molar-refractivity contribution in [3.8, 4) is 11.6 Å². The summed E-state index contributed by atoms with van der Waals surface area (Å²) in [6.45, 7) is 4.09. The van der Waals surface area contributed by atoms with Crippen molar-refractivity contribution < 1.29 is 13.9 Å². The Morgan fingerprint density at radius 3 is 2.59 bits per heavy atom. The van der Waals surface area contributed by atoms with E-state index in [0.29, 0.717) is 18.2 Å². The number of pyridine rings is 1. The lowest BCUT2D eigenvalue weighted by Crippen LogP contribution is -2.40. The number of benzene rings is 1. The molecule has 8 heteroatoms. The van der Waals surface area contributed by atoms with Gasteiger partial charge in [-0.15, -0.1) is 0 Å². The van der Waals surface area contributed by atoms with Crippen LogP contribution in [0.25, 0.3) is 0 Å². The number of aromatic nitrogens is 1. The number of rotatable bonds is 11. The van der Waals surface area contributed by atoms with Gasteiger partial charge in [-0.05, 0) is 43.3 Å². The fourth-order valence-corrected chi connectivity index (χ4v) is 2.56. The molecular formula is C21H30FN5O2. The zero-order chi connectivity index (χ0) is 20.9. The van der Waals surface area contributed by atoms with Gasteiger partial charge >= 0.3 is 0 Å². The quantitative estimate of drug-likeness (QED) is 0.342. The van der Waals surface area contributed by atoms with Gasteiger partial charge in [0.2, 0.25) is 5.88 Å². The molecule has 1 heterocycles. The summed E-state index contributed by atoms with van der Waals surface area (Å²) in [5.74, 6) is 1.44. The summed E-state index contributed by atoms with van der Waals surface area (Å²) in [5.41, 5.74) is 0.996. The van der Waals surface area contributed by atoms with Crippen LogP contribution in [0.4, 0.5) is 4.39 Å².